The predicted octanol–water partition coefficient (Wildman–Crippen LogP) is 2.43. The van der Waals surface area contributed by atoms with Crippen LogP contribution in [0.3, 0.4) is 0 Å². The minimum Gasteiger partial charge on any atom is -0.467 e. The molecule has 158 valence electrons. The smallest absolute Gasteiger partial charge is 0.337 e. The fraction of sp³-hybridized carbons (Fsp3) is 0.591. The van der Waals surface area contributed by atoms with Crippen LogP contribution in [0.15, 0.2) is 29.1 Å². The van der Waals surface area contributed by atoms with Crippen molar-refractivity contribution in [1.29, 1.82) is 0 Å². The number of aromatic nitrogens is 2. The Hall–Kier alpha value is -2.41. The van der Waals surface area contributed by atoms with Crippen molar-refractivity contribution in [1.82, 2.24) is 9.66 Å². The van der Waals surface area contributed by atoms with Gasteiger partial charge >= 0.3 is 5.97 Å². The number of aliphatic hydroxyl groups is 1. The van der Waals surface area contributed by atoms with E-state index in [1.165, 1.54) is 11.8 Å². The molecule has 0 spiro atoms. The summed E-state index contributed by atoms with van der Waals surface area (Å²) in [5.41, 5.74) is -1.08. The van der Waals surface area contributed by atoms with Gasteiger partial charge in [0.25, 0.3) is 5.56 Å². The Bertz CT molecular complexity index is 992. The first-order valence-electron chi connectivity index (χ1n) is 10.0. The molecule has 1 saturated heterocycles. The van der Waals surface area contributed by atoms with Crippen LogP contribution in [0.1, 0.15) is 53.3 Å². The van der Waals surface area contributed by atoms with E-state index in [2.05, 4.69) is 20.8 Å². The zero-order valence-corrected chi connectivity index (χ0v) is 18.3. The van der Waals surface area contributed by atoms with E-state index < -0.39 is 17.6 Å². The van der Waals surface area contributed by atoms with E-state index >= 15 is 0 Å². The Morgan fingerprint density at radius 1 is 1.24 bits per heavy atom. The van der Waals surface area contributed by atoms with E-state index in [0.717, 1.165) is 0 Å². The van der Waals surface area contributed by atoms with Gasteiger partial charge in [-0.2, -0.15) is 0 Å². The van der Waals surface area contributed by atoms with E-state index in [1.807, 2.05) is 32.9 Å². The van der Waals surface area contributed by atoms with Crippen LogP contribution in [0, 0.1) is 11.3 Å². The number of carbonyl (C=O) groups is 1. The third-order valence-corrected chi connectivity index (χ3v) is 6.11. The molecular formula is C22H31N3O4. The van der Waals surface area contributed by atoms with Gasteiger partial charge in [-0.15, -0.1) is 0 Å². The van der Waals surface area contributed by atoms with Crippen LogP contribution in [0.5, 0.6) is 0 Å². The molecule has 0 bridgehead atoms. The second kappa shape index (κ2) is 7.13. The largest absolute Gasteiger partial charge is 0.467 e. The fourth-order valence-corrected chi connectivity index (χ4v) is 3.75. The third kappa shape index (κ3) is 3.31. The average molecular weight is 402 g/mol. The molecule has 2 heterocycles. The average Bonchev–Trinajstić information content (AvgIpc) is 3.41. The lowest BCUT2D eigenvalue weighted by atomic mass is 9.81. The number of fused-ring (bicyclic) bond motifs is 1. The summed E-state index contributed by atoms with van der Waals surface area (Å²) >= 11 is 0. The van der Waals surface area contributed by atoms with Gasteiger partial charge in [-0.25, -0.2) is 14.5 Å². The molecule has 7 heteroatoms. The summed E-state index contributed by atoms with van der Waals surface area (Å²) in [6.07, 6.45) is -0.980. The Morgan fingerprint density at radius 2 is 1.86 bits per heavy atom. The van der Waals surface area contributed by atoms with Gasteiger partial charge in [-0.3, -0.25) is 9.80 Å². The number of ether oxygens (including phenoxy) is 1. The molecule has 0 aliphatic carbocycles. The molecule has 3 unspecified atom stereocenters. The van der Waals surface area contributed by atoms with E-state index in [9.17, 15) is 14.7 Å². The maximum Gasteiger partial charge on any atom is 0.337 e. The highest BCUT2D eigenvalue weighted by atomic mass is 16.5. The number of aliphatic hydroxyl groups excluding tert-OH is 1. The molecule has 1 aliphatic heterocycles. The van der Waals surface area contributed by atoms with Gasteiger partial charge in [0, 0.05) is 5.92 Å². The number of methoxy groups -OCH3 is 1. The summed E-state index contributed by atoms with van der Waals surface area (Å²) in [4.78, 5) is 31.0. The number of nitrogens with zero attached hydrogens (tertiary/aromatic N) is 3. The van der Waals surface area contributed by atoms with Gasteiger partial charge in [0.05, 0.1) is 30.7 Å². The molecule has 1 fully saturated rings. The molecule has 1 aliphatic rings. The number of para-hydroxylation sites is 1. The maximum absolute atomic E-state index is 13.5. The van der Waals surface area contributed by atoms with Crippen molar-refractivity contribution in [2.75, 3.05) is 18.7 Å². The Balaban J connectivity index is 2.27. The number of hydrogen-bond donors (Lipinski definition) is 1. The second-order valence-corrected chi connectivity index (χ2v) is 9.35. The number of hydrogen-bond acceptors (Lipinski definition) is 6. The molecule has 29 heavy (non-hydrogen) atoms. The van der Waals surface area contributed by atoms with Crippen molar-refractivity contribution >= 4 is 16.9 Å². The lowest BCUT2D eigenvalue weighted by Crippen LogP contribution is -2.50. The van der Waals surface area contributed by atoms with Gasteiger partial charge in [0.1, 0.15) is 5.82 Å². The fourth-order valence-electron chi connectivity index (χ4n) is 3.75. The monoisotopic (exact) mass is 401 g/mol. The van der Waals surface area contributed by atoms with E-state index in [-0.39, 0.29) is 29.4 Å². The first-order valence-corrected chi connectivity index (χ1v) is 10.0. The lowest BCUT2D eigenvalue weighted by Gasteiger charge is -2.31. The quantitative estimate of drug-likeness (QED) is 0.612. The molecule has 3 rings (SSSR count). The molecular weight excluding hydrogens is 370 g/mol. The molecule has 0 radical (unpaired) electrons. The summed E-state index contributed by atoms with van der Waals surface area (Å²) in [7, 11) is 1.30. The first-order chi connectivity index (χ1) is 13.5. The molecule has 1 aromatic heterocycles. The molecule has 1 N–H and O–H groups in total. The van der Waals surface area contributed by atoms with Gasteiger partial charge in [-0.05, 0) is 23.5 Å². The second-order valence-electron chi connectivity index (χ2n) is 9.35. The van der Waals surface area contributed by atoms with Crippen LogP contribution in [0.2, 0.25) is 0 Å². The van der Waals surface area contributed by atoms with Gasteiger partial charge in [0.2, 0.25) is 0 Å². The minimum atomic E-state index is -1.29. The Kier molecular flexibility index (Phi) is 5.24. The number of carbonyl (C=O) groups excluding carboxylic acids is 1. The van der Waals surface area contributed by atoms with Crippen LogP contribution >= 0.6 is 0 Å². The number of rotatable bonds is 5. The number of benzene rings is 1. The molecule has 3 atom stereocenters. The summed E-state index contributed by atoms with van der Waals surface area (Å²) in [6.45, 7) is 12.2. The first kappa shape index (κ1) is 21.3. The highest BCUT2D eigenvalue weighted by molar-refractivity contribution is 5.90. The molecule has 1 aromatic carbocycles. The molecule has 2 aromatic rings. The zero-order valence-electron chi connectivity index (χ0n) is 18.3. The van der Waals surface area contributed by atoms with Crippen molar-refractivity contribution in [2.24, 2.45) is 11.3 Å². The summed E-state index contributed by atoms with van der Waals surface area (Å²) in [6, 6.07) is 7.19. The van der Waals surface area contributed by atoms with Gasteiger partial charge < -0.3 is 9.84 Å². The summed E-state index contributed by atoms with van der Waals surface area (Å²) < 4.78 is 6.51. The minimum absolute atomic E-state index is 0.0769. The SMILES string of the molecule is COC(=O)C1(C(O)C(C)C)CN1n1c(C(C)C(C)(C)C)nc2ccccc2c1=O. The van der Waals surface area contributed by atoms with E-state index in [1.54, 1.807) is 17.1 Å². The topological polar surface area (TPSA) is 84.4 Å². The molecule has 0 amide bonds. The predicted molar refractivity (Wildman–Crippen MR) is 113 cm³/mol. The summed E-state index contributed by atoms with van der Waals surface area (Å²) in [5, 5.41) is 13.0. The van der Waals surface area contributed by atoms with Crippen molar-refractivity contribution in [3.63, 3.8) is 0 Å². The third-order valence-electron chi connectivity index (χ3n) is 6.11. The van der Waals surface area contributed by atoms with Gasteiger partial charge in [0.15, 0.2) is 5.54 Å². The zero-order chi connectivity index (χ0) is 21.7. The van der Waals surface area contributed by atoms with Crippen LogP contribution in [-0.2, 0) is 9.53 Å². The molecule has 7 nitrogen and oxygen atoms in total. The standard InChI is InChI=1S/C22H31N3O4/c1-13(2)17(26)22(20(28)29-7)12-24(22)25-18(14(3)21(4,5)6)23-16-11-9-8-10-15(16)19(25)27/h8-11,13-14,17,26H,12H2,1-7H3. The van der Waals surface area contributed by atoms with Crippen molar-refractivity contribution in [2.45, 2.75) is 59.1 Å². The number of esters is 1. The highest BCUT2D eigenvalue weighted by Crippen LogP contribution is 2.40. The van der Waals surface area contributed by atoms with Crippen LogP contribution in [0.25, 0.3) is 10.9 Å². The Labute approximate surface area is 171 Å². The van der Waals surface area contributed by atoms with Gasteiger partial charge in [-0.1, -0.05) is 53.7 Å². The van der Waals surface area contributed by atoms with E-state index in [4.69, 9.17) is 9.72 Å². The van der Waals surface area contributed by atoms with Crippen molar-refractivity contribution in [3.05, 3.63) is 40.4 Å². The lowest BCUT2D eigenvalue weighted by molar-refractivity contribution is -0.147. The van der Waals surface area contributed by atoms with Crippen LogP contribution < -0.4 is 10.6 Å². The van der Waals surface area contributed by atoms with E-state index in [0.29, 0.717) is 16.7 Å². The Morgan fingerprint density at radius 3 is 2.41 bits per heavy atom. The normalized spacial score (nSPS) is 21.3. The highest BCUT2D eigenvalue weighted by Gasteiger charge is 2.66. The van der Waals surface area contributed by atoms with Crippen LogP contribution in [-0.4, -0.2) is 46.0 Å². The molecule has 0 saturated carbocycles. The van der Waals surface area contributed by atoms with Crippen molar-refractivity contribution < 1.29 is 14.6 Å². The van der Waals surface area contributed by atoms with Crippen LogP contribution in [0.4, 0.5) is 0 Å². The summed E-state index contributed by atoms with van der Waals surface area (Å²) in [5.74, 6) is -0.241. The maximum atomic E-state index is 13.5. The van der Waals surface area contributed by atoms with Crippen molar-refractivity contribution in [3.8, 4) is 0 Å².